The van der Waals surface area contributed by atoms with E-state index in [4.69, 9.17) is 21.4 Å². The van der Waals surface area contributed by atoms with Crippen molar-refractivity contribution in [3.05, 3.63) is 95.4 Å². The van der Waals surface area contributed by atoms with Gasteiger partial charge >= 0.3 is 0 Å². The molecule has 0 unspecified atom stereocenters. The van der Waals surface area contributed by atoms with Gasteiger partial charge in [-0.3, -0.25) is 4.98 Å². The second kappa shape index (κ2) is 7.18. The quantitative estimate of drug-likeness (QED) is 0.372. The molecular weight excluding hydrogens is 389 g/mol. The zero-order valence-corrected chi connectivity index (χ0v) is 16.0. The highest BCUT2D eigenvalue weighted by atomic mass is 35.5. The Kier molecular flexibility index (Phi) is 4.37. The summed E-state index contributed by atoms with van der Waals surface area (Å²) in [4.78, 5) is 4.54. The van der Waals surface area contributed by atoms with Gasteiger partial charge in [-0.2, -0.15) is 9.78 Å². The van der Waals surface area contributed by atoms with Gasteiger partial charge in [-0.1, -0.05) is 48.0 Å². The van der Waals surface area contributed by atoms with Crippen LogP contribution in [0.5, 0.6) is 5.88 Å². The summed E-state index contributed by atoms with van der Waals surface area (Å²) in [5.41, 5.74) is 3.18. The van der Waals surface area contributed by atoms with Gasteiger partial charge in [0.2, 0.25) is 5.88 Å². The summed E-state index contributed by atoms with van der Waals surface area (Å²) in [6.45, 7) is 0.272. The molecule has 0 spiro atoms. The van der Waals surface area contributed by atoms with Crippen LogP contribution in [0.1, 0.15) is 5.56 Å². The van der Waals surface area contributed by atoms with E-state index in [1.54, 1.807) is 23.0 Å². The number of para-hydroxylation sites is 1. The predicted molar refractivity (Wildman–Crippen MR) is 112 cm³/mol. The smallest absolute Gasteiger partial charge is 0.226 e. The molecule has 142 valence electrons. The highest BCUT2D eigenvalue weighted by Gasteiger charge is 2.17. The fourth-order valence-electron chi connectivity index (χ4n) is 3.31. The Morgan fingerprint density at radius 1 is 0.897 bits per heavy atom. The Morgan fingerprint density at radius 3 is 2.48 bits per heavy atom. The van der Waals surface area contributed by atoms with Crippen molar-refractivity contribution in [1.29, 1.82) is 0 Å². The number of aromatic nitrogens is 3. The Bertz CT molecular complexity index is 1330. The van der Waals surface area contributed by atoms with E-state index in [9.17, 15) is 4.39 Å². The van der Waals surface area contributed by atoms with Gasteiger partial charge in [0.05, 0.1) is 16.6 Å². The molecule has 5 rings (SSSR count). The molecule has 0 bridgehead atoms. The molecule has 5 aromatic rings. The minimum absolute atomic E-state index is 0.272. The van der Waals surface area contributed by atoms with Crippen LogP contribution in [-0.4, -0.2) is 14.8 Å². The molecule has 3 aromatic carbocycles. The molecule has 0 radical (unpaired) electrons. The number of halogens is 2. The molecule has 0 saturated carbocycles. The van der Waals surface area contributed by atoms with Crippen LogP contribution in [0, 0.1) is 5.82 Å². The first-order chi connectivity index (χ1) is 14.2. The van der Waals surface area contributed by atoms with Gasteiger partial charge in [-0.05, 0) is 36.4 Å². The van der Waals surface area contributed by atoms with Crippen molar-refractivity contribution >= 4 is 33.4 Å². The van der Waals surface area contributed by atoms with Crippen LogP contribution in [0.3, 0.4) is 0 Å². The van der Waals surface area contributed by atoms with E-state index in [1.807, 2.05) is 48.5 Å². The maximum absolute atomic E-state index is 13.4. The van der Waals surface area contributed by atoms with Crippen molar-refractivity contribution in [3.8, 4) is 11.6 Å². The first-order valence-electron chi connectivity index (χ1n) is 9.09. The summed E-state index contributed by atoms with van der Waals surface area (Å²) in [5, 5.41) is 7.11. The molecule has 0 aliphatic heterocycles. The molecule has 0 aliphatic rings. The van der Waals surface area contributed by atoms with Gasteiger partial charge < -0.3 is 4.74 Å². The number of rotatable bonds is 4. The van der Waals surface area contributed by atoms with Gasteiger partial charge in [0, 0.05) is 22.2 Å². The minimum Gasteiger partial charge on any atom is -0.472 e. The lowest BCUT2D eigenvalue weighted by molar-refractivity contribution is 0.288. The zero-order valence-electron chi connectivity index (χ0n) is 15.2. The highest BCUT2D eigenvalue weighted by molar-refractivity contribution is 6.31. The number of nitrogens with zero attached hydrogens (tertiary/aromatic N) is 3. The third-order valence-corrected chi connectivity index (χ3v) is 5.13. The molecular formula is C23H15ClFN3O. The molecule has 6 heteroatoms. The number of hydrogen-bond donors (Lipinski definition) is 0. The van der Waals surface area contributed by atoms with Crippen LogP contribution < -0.4 is 4.74 Å². The predicted octanol–water partition coefficient (Wildman–Crippen LogP) is 5.95. The fraction of sp³-hybridized carbons (Fsp3) is 0.0435. The normalized spacial score (nSPS) is 11.2. The summed E-state index contributed by atoms with van der Waals surface area (Å²) in [6, 6.07) is 21.5. The molecule has 0 atom stereocenters. The summed E-state index contributed by atoms with van der Waals surface area (Å²) in [7, 11) is 0. The lowest BCUT2D eigenvalue weighted by atomic mass is 10.2. The number of ether oxygens (including phenoxy) is 1. The standard InChI is InChI=1S/C23H15ClFN3O/c24-20-7-3-1-5-15(20)14-29-23-19-13-26-21-8-4-2-6-18(21)22(19)27-28(23)17-11-9-16(25)10-12-17/h1-13H,14H2. The van der Waals surface area contributed by atoms with E-state index in [1.165, 1.54) is 12.1 Å². The fourth-order valence-corrected chi connectivity index (χ4v) is 3.50. The van der Waals surface area contributed by atoms with E-state index < -0.39 is 0 Å². The summed E-state index contributed by atoms with van der Waals surface area (Å²) in [5.74, 6) is 0.223. The van der Waals surface area contributed by atoms with Crippen molar-refractivity contribution < 1.29 is 9.13 Å². The topological polar surface area (TPSA) is 39.9 Å². The Hall–Kier alpha value is -3.44. The van der Waals surface area contributed by atoms with E-state index >= 15 is 0 Å². The zero-order chi connectivity index (χ0) is 19.8. The van der Waals surface area contributed by atoms with Crippen molar-refractivity contribution in [2.45, 2.75) is 6.61 Å². The maximum atomic E-state index is 13.4. The van der Waals surface area contributed by atoms with Gasteiger partial charge in [-0.15, -0.1) is 0 Å². The summed E-state index contributed by atoms with van der Waals surface area (Å²) >= 11 is 6.28. The third kappa shape index (κ3) is 3.19. The Morgan fingerprint density at radius 2 is 1.66 bits per heavy atom. The SMILES string of the molecule is Fc1ccc(-n2nc3c(cnc4ccccc43)c2OCc2ccccc2Cl)cc1. The molecule has 29 heavy (non-hydrogen) atoms. The lowest BCUT2D eigenvalue weighted by Crippen LogP contribution is -2.04. The van der Waals surface area contributed by atoms with Crippen LogP contribution in [0.2, 0.25) is 5.02 Å². The van der Waals surface area contributed by atoms with Crippen LogP contribution in [0.25, 0.3) is 27.5 Å². The number of benzene rings is 3. The monoisotopic (exact) mass is 403 g/mol. The Balaban J connectivity index is 1.68. The van der Waals surface area contributed by atoms with Crippen molar-refractivity contribution in [1.82, 2.24) is 14.8 Å². The van der Waals surface area contributed by atoms with Crippen LogP contribution in [-0.2, 0) is 6.61 Å². The molecule has 0 fully saturated rings. The average molecular weight is 404 g/mol. The van der Waals surface area contributed by atoms with Gasteiger partial charge in [0.15, 0.2) is 0 Å². The summed E-state index contributed by atoms with van der Waals surface area (Å²) < 4.78 is 21.3. The van der Waals surface area contributed by atoms with Crippen molar-refractivity contribution in [2.75, 3.05) is 0 Å². The summed E-state index contributed by atoms with van der Waals surface area (Å²) in [6.07, 6.45) is 1.76. The molecule has 0 N–H and O–H groups in total. The highest BCUT2D eigenvalue weighted by Crippen LogP contribution is 2.33. The second-order valence-electron chi connectivity index (χ2n) is 6.61. The largest absolute Gasteiger partial charge is 0.472 e. The van der Waals surface area contributed by atoms with E-state index in [2.05, 4.69) is 4.98 Å². The Labute approximate surface area is 171 Å². The van der Waals surface area contributed by atoms with Gasteiger partial charge in [0.1, 0.15) is 17.9 Å². The van der Waals surface area contributed by atoms with Crippen LogP contribution in [0.4, 0.5) is 4.39 Å². The first-order valence-corrected chi connectivity index (χ1v) is 9.47. The lowest BCUT2D eigenvalue weighted by Gasteiger charge is -2.11. The molecule has 0 saturated heterocycles. The second-order valence-corrected chi connectivity index (χ2v) is 7.02. The molecule has 0 amide bonds. The third-order valence-electron chi connectivity index (χ3n) is 4.76. The number of fused-ring (bicyclic) bond motifs is 3. The molecule has 2 heterocycles. The van der Waals surface area contributed by atoms with Crippen molar-refractivity contribution in [3.63, 3.8) is 0 Å². The average Bonchev–Trinajstić information content (AvgIpc) is 3.13. The van der Waals surface area contributed by atoms with Gasteiger partial charge in [-0.25, -0.2) is 4.39 Å². The maximum Gasteiger partial charge on any atom is 0.226 e. The van der Waals surface area contributed by atoms with E-state index in [0.29, 0.717) is 16.6 Å². The van der Waals surface area contributed by atoms with E-state index in [-0.39, 0.29) is 12.4 Å². The number of pyridine rings is 1. The first kappa shape index (κ1) is 17.6. The van der Waals surface area contributed by atoms with Crippen molar-refractivity contribution in [2.24, 2.45) is 0 Å². The van der Waals surface area contributed by atoms with Gasteiger partial charge in [0.25, 0.3) is 0 Å². The van der Waals surface area contributed by atoms with Crippen LogP contribution in [0.15, 0.2) is 79.0 Å². The van der Waals surface area contributed by atoms with Crippen LogP contribution >= 0.6 is 11.6 Å². The number of hydrogen-bond acceptors (Lipinski definition) is 3. The molecule has 2 aromatic heterocycles. The van der Waals surface area contributed by atoms with E-state index in [0.717, 1.165) is 27.4 Å². The minimum atomic E-state index is -0.309. The molecule has 4 nitrogen and oxygen atoms in total. The molecule has 0 aliphatic carbocycles.